The maximum atomic E-state index is 5.81. The van der Waals surface area contributed by atoms with Gasteiger partial charge in [0.2, 0.25) is 0 Å². The minimum atomic E-state index is 0.453. The van der Waals surface area contributed by atoms with Crippen LogP contribution < -0.4 is 10.5 Å². The van der Waals surface area contributed by atoms with Crippen molar-refractivity contribution in [3.8, 4) is 5.75 Å². The van der Waals surface area contributed by atoms with Gasteiger partial charge < -0.3 is 15.5 Å². The Balaban J connectivity index is 2.82. The predicted octanol–water partition coefficient (Wildman–Crippen LogP) is 3.07. The highest BCUT2D eigenvalue weighted by Crippen LogP contribution is 2.34. The molecule has 0 amide bonds. The van der Waals surface area contributed by atoms with E-state index < -0.39 is 0 Å². The zero-order valence-electron chi connectivity index (χ0n) is 10.9. The summed E-state index contributed by atoms with van der Waals surface area (Å²) in [5, 5.41) is 1.23. The Labute approximate surface area is 102 Å². The van der Waals surface area contributed by atoms with E-state index in [-0.39, 0.29) is 0 Å². The van der Waals surface area contributed by atoms with Crippen molar-refractivity contribution >= 4 is 10.9 Å². The first kappa shape index (κ1) is 12.0. The van der Waals surface area contributed by atoms with Crippen LogP contribution in [0.5, 0.6) is 5.75 Å². The Bertz CT molecular complexity index is 541. The van der Waals surface area contributed by atoms with Crippen molar-refractivity contribution in [3.63, 3.8) is 0 Å². The second kappa shape index (κ2) is 4.41. The van der Waals surface area contributed by atoms with Gasteiger partial charge in [-0.1, -0.05) is 13.8 Å². The number of methoxy groups -OCH3 is 1. The first-order valence-electron chi connectivity index (χ1n) is 5.97. The molecule has 0 aliphatic rings. The van der Waals surface area contributed by atoms with Crippen molar-refractivity contribution in [3.05, 3.63) is 29.0 Å². The monoisotopic (exact) mass is 232 g/mol. The molecule has 92 valence electrons. The van der Waals surface area contributed by atoms with E-state index in [0.717, 1.165) is 17.0 Å². The second-order valence-corrected chi connectivity index (χ2v) is 4.77. The fraction of sp³-hybridized carbons (Fsp3) is 0.429. The van der Waals surface area contributed by atoms with E-state index in [1.165, 1.54) is 16.5 Å². The number of benzene rings is 1. The predicted molar refractivity (Wildman–Crippen MR) is 71.6 cm³/mol. The van der Waals surface area contributed by atoms with Crippen molar-refractivity contribution in [2.24, 2.45) is 5.73 Å². The zero-order chi connectivity index (χ0) is 12.6. The Hall–Kier alpha value is -1.48. The molecule has 0 radical (unpaired) electrons. The largest absolute Gasteiger partial charge is 0.495 e. The Morgan fingerprint density at radius 3 is 2.59 bits per heavy atom. The summed E-state index contributed by atoms with van der Waals surface area (Å²) in [5.74, 6) is 1.34. The van der Waals surface area contributed by atoms with Gasteiger partial charge in [-0.05, 0) is 36.1 Å². The van der Waals surface area contributed by atoms with E-state index in [9.17, 15) is 0 Å². The number of nitrogens with two attached hydrogens (primary N) is 1. The number of nitrogens with one attached hydrogen (secondary N) is 1. The molecule has 0 fully saturated rings. The Morgan fingerprint density at radius 1 is 1.35 bits per heavy atom. The number of hydrogen-bond acceptors (Lipinski definition) is 2. The van der Waals surface area contributed by atoms with Crippen LogP contribution in [0.3, 0.4) is 0 Å². The Morgan fingerprint density at radius 2 is 2.06 bits per heavy atom. The van der Waals surface area contributed by atoms with Gasteiger partial charge in [-0.15, -0.1) is 0 Å². The van der Waals surface area contributed by atoms with Crippen molar-refractivity contribution in [1.82, 2.24) is 4.98 Å². The van der Waals surface area contributed by atoms with E-state index in [1.807, 2.05) is 6.07 Å². The van der Waals surface area contributed by atoms with Crippen LogP contribution in [0.15, 0.2) is 12.1 Å². The molecule has 0 saturated carbocycles. The number of rotatable bonds is 3. The molecule has 1 aromatic carbocycles. The molecule has 0 saturated heterocycles. The van der Waals surface area contributed by atoms with Gasteiger partial charge in [0, 0.05) is 17.6 Å². The van der Waals surface area contributed by atoms with E-state index in [1.54, 1.807) is 7.11 Å². The van der Waals surface area contributed by atoms with Crippen molar-refractivity contribution in [2.75, 3.05) is 7.11 Å². The number of fused-ring (bicyclic) bond motifs is 1. The molecule has 3 N–H and O–H groups in total. The van der Waals surface area contributed by atoms with Crippen LogP contribution in [0.1, 0.15) is 36.6 Å². The van der Waals surface area contributed by atoms with Gasteiger partial charge in [0.15, 0.2) is 0 Å². The normalized spacial score (nSPS) is 11.4. The molecule has 0 aliphatic heterocycles. The highest BCUT2D eigenvalue weighted by Gasteiger charge is 2.16. The number of H-pyrrole nitrogens is 1. The summed E-state index contributed by atoms with van der Waals surface area (Å²) in [7, 11) is 1.70. The Kier molecular flexibility index (Phi) is 3.11. The van der Waals surface area contributed by atoms with E-state index in [2.05, 4.69) is 31.8 Å². The van der Waals surface area contributed by atoms with Gasteiger partial charge in [0.25, 0.3) is 0 Å². The maximum absolute atomic E-state index is 5.81. The molecule has 1 heterocycles. The molecule has 0 atom stereocenters. The second-order valence-electron chi connectivity index (χ2n) is 4.77. The van der Waals surface area contributed by atoms with Crippen molar-refractivity contribution in [1.29, 1.82) is 0 Å². The highest BCUT2D eigenvalue weighted by atomic mass is 16.5. The van der Waals surface area contributed by atoms with Crippen LogP contribution in [-0.2, 0) is 6.54 Å². The van der Waals surface area contributed by atoms with Crippen LogP contribution in [0.2, 0.25) is 0 Å². The lowest BCUT2D eigenvalue weighted by Gasteiger charge is -2.07. The zero-order valence-corrected chi connectivity index (χ0v) is 10.9. The molecule has 0 spiro atoms. The third kappa shape index (κ3) is 1.91. The summed E-state index contributed by atoms with van der Waals surface area (Å²) in [4.78, 5) is 3.39. The van der Waals surface area contributed by atoms with Crippen molar-refractivity contribution < 1.29 is 4.74 Å². The van der Waals surface area contributed by atoms with Crippen LogP contribution in [-0.4, -0.2) is 12.1 Å². The minimum Gasteiger partial charge on any atom is -0.495 e. The lowest BCUT2D eigenvalue weighted by molar-refractivity contribution is 0.418. The molecular formula is C14H20N2O. The van der Waals surface area contributed by atoms with Gasteiger partial charge in [-0.2, -0.15) is 0 Å². The SMILES string of the molecule is COc1cc(C)cc2c(C(C)C)c(CN)[nH]c12. The number of aryl methyl sites for hydroxylation is 1. The molecule has 3 heteroatoms. The summed E-state index contributed by atoms with van der Waals surface area (Å²) >= 11 is 0. The van der Waals surface area contributed by atoms with Crippen LogP contribution in [0.25, 0.3) is 10.9 Å². The topological polar surface area (TPSA) is 51.0 Å². The van der Waals surface area contributed by atoms with Gasteiger partial charge in [-0.3, -0.25) is 0 Å². The summed E-state index contributed by atoms with van der Waals surface area (Å²) in [5.41, 5.74) is 10.5. The molecule has 3 nitrogen and oxygen atoms in total. The van der Waals surface area contributed by atoms with E-state index in [0.29, 0.717) is 12.5 Å². The minimum absolute atomic E-state index is 0.453. The van der Waals surface area contributed by atoms with Gasteiger partial charge in [-0.25, -0.2) is 0 Å². The average molecular weight is 232 g/mol. The van der Waals surface area contributed by atoms with Gasteiger partial charge >= 0.3 is 0 Å². The molecule has 1 aromatic heterocycles. The lowest BCUT2D eigenvalue weighted by Crippen LogP contribution is -2.01. The van der Waals surface area contributed by atoms with Crippen LogP contribution >= 0.6 is 0 Å². The average Bonchev–Trinajstić information content (AvgIpc) is 2.65. The number of hydrogen-bond donors (Lipinski definition) is 2. The van der Waals surface area contributed by atoms with E-state index >= 15 is 0 Å². The molecule has 0 bridgehead atoms. The summed E-state index contributed by atoms with van der Waals surface area (Å²) in [6.07, 6.45) is 0. The molecule has 0 aliphatic carbocycles. The molecular weight excluding hydrogens is 212 g/mol. The molecule has 17 heavy (non-hydrogen) atoms. The fourth-order valence-electron chi connectivity index (χ4n) is 2.46. The standard InChI is InChI=1S/C14H20N2O/c1-8(2)13-10-5-9(3)6-12(17-4)14(10)16-11(13)7-15/h5-6,8,16H,7,15H2,1-4H3. The highest BCUT2D eigenvalue weighted by molar-refractivity contribution is 5.90. The van der Waals surface area contributed by atoms with Crippen LogP contribution in [0.4, 0.5) is 0 Å². The third-order valence-electron chi connectivity index (χ3n) is 3.14. The summed E-state index contributed by atoms with van der Waals surface area (Å²) in [6.45, 7) is 7.00. The van der Waals surface area contributed by atoms with Crippen molar-refractivity contribution in [2.45, 2.75) is 33.2 Å². The first-order valence-corrected chi connectivity index (χ1v) is 5.97. The molecule has 2 aromatic rings. The smallest absolute Gasteiger partial charge is 0.143 e. The molecule has 2 rings (SSSR count). The molecule has 0 unspecified atom stereocenters. The first-order chi connectivity index (χ1) is 8.08. The number of aromatic nitrogens is 1. The third-order valence-corrected chi connectivity index (χ3v) is 3.14. The van der Waals surface area contributed by atoms with Crippen LogP contribution in [0, 0.1) is 6.92 Å². The van der Waals surface area contributed by atoms with Gasteiger partial charge in [0.05, 0.1) is 12.6 Å². The number of ether oxygens (including phenoxy) is 1. The van der Waals surface area contributed by atoms with E-state index in [4.69, 9.17) is 10.5 Å². The summed E-state index contributed by atoms with van der Waals surface area (Å²) < 4.78 is 5.43. The quantitative estimate of drug-likeness (QED) is 0.854. The lowest BCUT2D eigenvalue weighted by atomic mass is 9.98. The summed E-state index contributed by atoms with van der Waals surface area (Å²) in [6, 6.07) is 4.24. The fourth-order valence-corrected chi connectivity index (χ4v) is 2.46. The van der Waals surface area contributed by atoms with Gasteiger partial charge in [0.1, 0.15) is 5.75 Å². The number of aromatic amines is 1. The maximum Gasteiger partial charge on any atom is 0.143 e.